The standard InChI is InChI=1S/C15H14Cl2N4/c1-20(2)11-3-5-12(6-4-11)21-14(8-16)19-13-7-10(17)9-18-15(13)21/h3-7,9H,8H2,1-2H3. The molecule has 0 aliphatic carbocycles. The Bertz CT molecular complexity index is 778. The predicted molar refractivity (Wildman–Crippen MR) is 87.8 cm³/mol. The fraction of sp³-hybridized carbons (Fsp3) is 0.200. The normalized spacial score (nSPS) is 11.0. The molecular formula is C15H14Cl2N4. The monoisotopic (exact) mass is 320 g/mol. The summed E-state index contributed by atoms with van der Waals surface area (Å²) in [6, 6.07) is 9.96. The minimum Gasteiger partial charge on any atom is -0.378 e. The van der Waals surface area contributed by atoms with E-state index in [4.69, 9.17) is 23.2 Å². The molecule has 0 aliphatic rings. The number of benzene rings is 1. The van der Waals surface area contributed by atoms with Gasteiger partial charge in [-0.2, -0.15) is 0 Å². The van der Waals surface area contributed by atoms with Crippen LogP contribution in [0.1, 0.15) is 5.82 Å². The Balaban J connectivity index is 2.18. The van der Waals surface area contributed by atoms with E-state index in [1.165, 1.54) is 0 Å². The highest BCUT2D eigenvalue weighted by atomic mass is 35.5. The van der Waals surface area contributed by atoms with Crippen molar-refractivity contribution in [2.75, 3.05) is 19.0 Å². The predicted octanol–water partition coefficient (Wildman–Crippen LogP) is 3.88. The zero-order valence-corrected chi connectivity index (χ0v) is 13.2. The first-order valence-electron chi connectivity index (χ1n) is 6.47. The zero-order chi connectivity index (χ0) is 15.0. The highest BCUT2D eigenvalue weighted by Gasteiger charge is 2.13. The summed E-state index contributed by atoms with van der Waals surface area (Å²) in [5, 5.41) is 0.566. The van der Waals surface area contributed by atoms with E-state index >= 15 is 0 Å². The van der Waals surface area contributed by atoms with E-state index < -0.39 is 0 Å². The van der Waals surface area contributed by atoms with Gasteiger partial charge in [0.25, 0.3) is 0 Å². The molecule has 0 aliphatic heterocycles. The van der Waals surface area contributed by atoms with Gasteiger partial charge in [-0.3, -0.25) is 4.57 Å². The Labute approximate surface area is 132 Å². The molecule has 3 rings (SSSR count). The summed E-state index contributed by atoms with van der Waals surface area (Å²) >= 11 is 12.0. The lowest BCUT2D eigenvalue weighted by Crippen LogP contribution is -2.08. The van der Waals surface area contributed by atoms with Gasteiger partial charge in [-0.25, -0.2) is 9.97 Å². The van der Waals surface area contributed by atoms with Crippen LogP contribution in [-0.2, 0) is 5.88 Å². The molecule has 0 amide bonds. The molecule has 0 bridgehead atoms. The van der Waals surface area contributed by atoms with Crippen LogP contribution in [0, 0.1) is 0 Å². The summed E-state index contributed by atoms with van der Waals surface area (Å²) in [7, 11) is 4.02. The van der Waals surface area contributed by atoms with E-state index in [1.54, 1.807) is 12.3 Å². The molecular weight excluding hydrogens is 307 g/mol. The van der Waals surface area contributed by atoms with Crippen LogP contribution < -0.4 is 4.90 Å². The average Bonchev–Trinajstić information content (AvgIpc) is 2.84. The number of halogens is 2. The van der Waals surface area contributed by atoms with Gasteiger partial charge in [-0.15, -0.1) is 11.6 Å². The van der Waals surface area contributed by atoms with E-state index in [2.05, 4.69) is 27.0 Å². The fourth-order valence-corrected chi connectivity index (χ4v) is 2.58. The number of hydrogen-bond acceptors (Lipinski definition) is 3. The highest BCUT2D eigenvalue weighted by Crippen LogP contribution is 2.24. The van der Waals surface area contributed by atoms with Crippen molar-refractivity contribution in [1.82, 2.24) is 14.5 Å². The van der Waals surface area contributed by atoms with E-state index in [0.717, 1.165) is 28.4 Å². The minimum atomic E-state index is 0.309. The Morgan fingerprint density at radius 1 is 1.19 bits per heavy atom. The van der Waals surface area contributed by atoms with Crippen molar-refractivity contribution in [2.24, 2.45) is 0 Å². The summed E-state index contributed by atoms with van der Waals surface area (Å²) in [5.74, 6) is 1.06. The van der Waals surface area contributed by atoms with E-state index in [0.29, 0.717) is 10.9 Å². The third-order valence-electron chi connectivity index (χ3n) is 3.28. The number of aromatic nitrogens is 3. The van der Waals surface area contributed by atoms with Gasteiger partial charge < -0.3 is 4.90 Å². The molecule has 2 aromatic heterocycles. The zero-order valence-electron chi connectivity index (χ0n) is 11.7. The van der Waals surface area contributed by atoms with Gasteiger partial charge in [0.15, 0.2) is 5.65 Å². The second-order valence-corrected chi connectivity index (χ2v) is 5.61. The van der Waals surface area contributed by atoms with Crippen LogP contribution in [0.3, 0.4) is 0 Å². The summed E-state index contributed by atoms with van der Waals surface area (Å²) in [5.41, 5.74) is 3.61. The first-order chi connectivity index (χ1) is 10.1. The van der Waals surface area contributed by atoms with Crippen molar-refractivity contribution < 1.29 is 0 Å². The van der Waals surface area contributed by atoms with Crippen molar-refractivity contribution in [2.45, 2.75) is 5.88 Å². The third kappa shape index (κ3) is 2.57. The van der Waals surface area contributed by atoms with E-state index in [-0.39, 0.29) is 0 Å². The SMILES string of the molecule is CN(C)c1ccc(-n2c(CCl)nc3cc(Cl)cnc32)cc1. The fourth-order valence-electron chi connectivity index (χ4n) is 2.25. The van der Waals surface area contributed by atoms with Gasteiger partial charge in [0, 0.05) is 31.7 Å². The third-order valence-corrected chi connectivity index (χ3v) is 3.72. The minimum absolute atomic E-state index is 0.309. The molecule has 0 spiro atoms. The van der Waals surface area contributed by atoms with Crippen LogP contribution in [0.15, 0.2) is 36.5 Å². The smallest absolute Gasteiger partial charge is 0.164 e. The highest BCUT2D eigenvalue weighted by molar-refractivity contribution is 6.31. The molecule has 0 radical (unpaired) electrons. The Hall–Kier alpha value is -1.78. The molecule has 0 atom stereocenters. The van der Waals surface area contributed by atoms with Gasteiger partial charge in [0.05, 0.1) is 10.9 Å². The van der Waals surface area contributed by atoms with Gasteiger partial charge in [0.2, 0.25) is 0 Å². The number of hydrogen-bond donors (Lipinski definition) is 0. The van der Waals surface area contributed by atoms with Crippen molar-refractivity contribution in [3.63, 3.8) is 0 Å². The van der Waals surface area contributed by atoms with Gasteiger partial charge >= 0.3 is 0 Å². The van der Waals surface area contributed by atoms with Crippen LogP contribution >= 0.6 is 23.2 Å². The van der Waals surface area contributed by atoms with Gasteiger partial charge in [-0.1, -0.05) is 11.6 Å². The van der Waals surface area contributed by atoms with Crippen molar-refractivity contribution in [1.29, 1.82) is 0 Å². The number of fused-ring (bicyclic) bond motifs is 1. The van der Waals surface area contributed by atoms with Crippen LogP contribution in [-0.4, -0.2) is 28.6 Å². The Morgan fingerprint density at radius 2 is 1.90 bits per heavy atom. The van der Waals surface area contributed by atoms with E-state index in [1.807, 2.05) is 30.8 Å². The van der Waals surface area contributed by atoms with E-state index in [9.17, 15) is 0 Å². The Kier molecular flexibility index (Phi) is 3.74. The number of imidazole rings is 1. The largest absolute Gasteiger partial charge is 0.378 e. The Morgan fingerprint density at radius 3 is 2.52 bits per heavy atom. The lowest BCUT2D eigenvalue weighted by molar-refractivity contribution is 0.968. The number of rotatable bonds is 3. The first kappa shape index (κ1) is 14.2. The molecule has 0 saturated carbocycles. The molecule has 4 nitrogen and oxygen atoms in total. The van der Waals surface area contributed by atoms with Crippen LogP contribution in [0.25, 0.3) is 16.9 Å². The second kappa shape index (κ2) is 5.54. The number of pyridine rings is 1. The van der Waals surface area contributed by atoms with Gasteiger partial charge in [0.1, 0.15) is 11.3 Å². The number of anilines is 1. The maximum atomic E-state index is 6.02. The molecule has 21 heavy (non-hydrogen) atoms. The molecule has 3 aromatic rings. The second-order valence-electron chi connectivity index (χ2n) is 4.90. The molecule has 108 valence electrons. The maximum absolute atomic E-state index is 6.02. The summed E-state index contributed by atoms with van der Waals surface area (Å²) < 4.78 is 1.96. The van der Waals surface area contributed by atoms with Crippen molar-refractivity contribution in [3.05, 3.63) is 47.4 Å². The van der Waals surface area contributed by atoms with Gasteiger partial charge in [-0.05, 0) is 30.3 Å². The first-order valence-corrected chi connectivity index (χ1v) is 7.38. The number of nitrogens with zero attached hydrogens (tertiary/aromatic N) is 4. The lowest BCUT2D eigenvalue weighted by Gasteiger charge is -2.13. The molecule has 2 heterocycles. The quantitative estimate of drug-likeness (QED) is 0.687. The van der Waals surface area contributed by atoms with Crippen LogP contribution in [0.4, 0.5) is 5.69 Å². The lowest BCUT2D eigenvalue weighted by atomic mass is 10.2. The molecule has 0 unspecified atom stereocenters. The molecule has 6 heteroatoms. The van der Waals surface area contributed by atoms with Crippen LogP contribution in [0.2, 0.25) is 5.02 Å². The summed E-state index contributed by atoms with van der Waals surface area (Å²) in [6.45, 7) is 0. The van der Waals surface area contributed by atoms with Crippen molar-refractivity contribution >= 4 is 40.1 Å². The molecule has 0 fully saturated rings. The number of alkyl halides is 1. The summed E-state index contributed by atoms with van der Waals surface area (Å²) in [4.78, 5) is 10.9. The summed E-state index contributed by atoms with van der Waals surface area (Å²) in [6.07, 6.45) is 1.62. The maximum Gasteiger partial charge on any atom is 0.164 e. The molecule has 0 N–H and O–H groups in total. The average molecular weight is 321 g/mol. The topological polar surface area (TPSA) is 34.0 Å². The molecule has 1 aromatic carbocycles. The van der Waals surface area contributed by atoms with Crippen molar-refractivity contribution in [3.8, 4) is 5.69 Å². The van der Waals surface area contributed by atoms with Crippen LogP contribution in [0.5, 0.6) is 0 Å². The molecule has 0 saturated heterocycles.